The fraction of sp³-hybridized carbons (Fsp3) is 0.229. The van der Waals surface area contributed by atoms with Gasteiger partial charge in [0.2, 0.25) is 5.91 Å². The average Bonchev–Trinajstić information content (AvgIpc) is 3.26. The van der Waals surface area contributed by atoms with Crippen LogP contribution < -0.4 is 25.3 Å². The first kappa shape index (κ1) is 40.7. The molecule has 2 aliphatic heterocycles. The fourth-order valence-electron chi connectivity index (χ4n) is 7.93. The quantitative estimate of drug-likeness (QED) is 0.104. The Hall–Kier alpha value is -6.07. The Labute approximate surface area is 358 Å². The number of nitrogens with two attached hydrogens (primary N) is 1. The van der Waals surface area contributed by atoms with Crippen LogP contribution in [0.4, 0.5) is 5.82 Å². The number of ether oxygens (including phenoxy) is 3. The number of hydrogen-bond donors (Lipinski definition) is 3. The summed E-state index contributed by atoms with van der Waals surface area (Å²) in [4.78, 5) is 33.4. The summed E-state index contributed by atoms with van der Waals surface area (Å²) < 4.78 is 18.8. The van der Waals surface area contributed by atoms with Crippen LogP contribution in [0, 0.1) is 0 Å². The van der Waals surface area contributed by atoms with Gasteiger partial charge in [-0.05, 0) is 100 Å². The van der Waals surface area contributed by atoms with Gasteiger partial charge in [-0.2, -0.15) is 0 Å². The molecule has 0 spiro atoms. The number of nitrogens with zero attached hydrogens (tertiary/aromatic N) is 2. The third-order valence-corrected chi connectivity index (χ3v) is 11.9. The van der Waals surface area contributed by atoms with Crippen molar-refractivity contribution in [1.29, 1.82) is 0 Å². The molecule has 3 heterocycles. The van der Waals surface area contributed by atoms with E-state index in [4.69, 9.17) is 43.1 Å². The summed E-state index contributed by atoms with van der Waals surface area (Å²) in [6, 6.07) is 36.6. The molecule has 5 aromatic carbocycles. The molecule has 10 nitrogen and oxygen atoms in total. The zero-order valence-corrected chi connectivity index (χ0v) is 34.4. The van der Waals surface area contributed by atoms with Crippen molar-refractivity contribution in [2.45, 2.75) is 63.6 Å². The van der Waals surface area contributed by atoms with E-state index in [-0.39, 0.29) is 24.5 Å². The number of carbonyl (C=O) groups is 2. The fourth-order valence-corrected chi connectivity index (χ4v) is 8.25. The molecule has 12 heteroatoms. The molecule has 1 amide bonds. The monoisotopic (exact) mass is 842 g/mol. The number of pyridine rings is 1. The van der Waals surface area contributed by atoms with Crippen LogP contribution in [0.5, 0.6) is 17.2 Å². The normalized spacial score (nSPS) is 16.9. The van der Waals surface area contributed by atoms with E-state index in [0.717, 1.165) is 50.9 Å². The van der Waals surface area contributed by atoms with Crippen LogP contribution in [0.1, 0.15) is 58.9 Å². The molecule has 4 atom stereocenters. The number of carboxylic acid groups (broad SMARTS) is 1. The molecule has 306 valence electrons. The van der Waals surface area contributed by atoms with Gasteiger partial charge >= 0.3 is 5.97 Å². The lowest BCUT2D eigenvalue weighted by atomic mass is 9.89. The van der Waals surface area contributed by atoms with Crippen molar-refractivity contribution in [2.75, 3.05) is 12.3 Å². The van der Waals surface area contributed by atoms with Gasteiger partial charge in [0.1, 0.15) is 30.8 Å². The van der Waals surface area contributed by atoms with Crippen molar-refractivity contribution in [2.24, 2.45) is 0 Å². The Balaban J connectivity index is 0.990. The van der Waals surface area contributed by atoms with Crippen molar-refractivity contribution in [3.8, 4) is 28.4 Å². The molecular formula is C48H44Cl2N4O6. The molecule has 4 N–H and O–H groups in total. The first-order chi connectivity index (χ1) is 29.1. The van der Waals surface area contributed by atoms with Crippen molar-refractivity contribution in [3.05, 3.63) is 171 Å². The highest BCUT2D eigenvalue weighted by molar-refractivity contribution is 6.42. The van der Waals surface area contributed by atoms with Crippen molar-refractivity contribution in [1.82, 2.24) is 15.2 Å². The minimum absolute atomic E-state index is 0.105. The summed E-state index contributed by atoms with van der Waals surface area (Å²) in [5.41, 5.74) is 13.3. The Morgan fingerprint density at radius 2 is 1.62 bits per heavy atom. The Morgan fingerprint density at radius 3 is 2.32 bits per heavy atom. The molecule has 0 saturated carbocycles. The molecular weight excluding hydrogens is 799 g/mol. The van der Waals surface area contributed by atoms with Crippen LogP contribution in [-0.4, -0.2) is 45.6 Å². The van der Waals surface area contributed by atoms with Crippen LogP contribution >= 0.6 is 23.2 Å². The maximum atomic E-state index is 14.4. The number of aromatic nitrogens is 1. The summed E-state index contributed by atoms with van der Waals surface area (Å²) >= 11 is 12.2. The van der Waals surface area contributed by atoms with E-state index >= 15 is 0 Å². The van der Waals surface area contributed by atoms with Crippen molar-refractivity contribution in [3.63, 3.8) is 0 Å². The molecule has 0 bridgehead atoms. The van der Waals surface area contributed by atoms with Crippen LogP contribution in [0.2, 0.25) is 10.0 Å². The molecule has 0 unspecified atom stereocenters. The van der Waals surface area contributed by atoms with Gasteiger partial charge in [0.15, 0.2) is 17.6 Å². The number of carbonyl (C=O) groups excluding carboxylic acids is 1. The minimum atomic E-state index is -1.14. The molecule has 6 aromatic rings. The number of fused-ring (bicyclic) bond motifs is 2. The number of hydrogen-bond acceptors (Lipinski definition) is 8. The first-order valence-corrected chi connectivity index (χ1v) is 20.6. The van der Waals surface area contributed by atoms with Crippen LogP contribution in [0.25, 0.3) is 11.1 Å². The highest BCUT2D eigenvalue weighted by Gasteiger charge is 2.38. The van der Waals surface area contributed by atoms with Gasteiger partial charge in [-0.25, -0.2) is 9.78 Å². The Bertz CT molecular complexity index is 2470. The maximum absolute atomic E-state index is 14.4. The number of anilines is 1. The molecule has 0 aliphatic carbocycles. The number of benzene rings is 5. The van der Waals surface area contributed by atoms with Crippen LogP contribution in [0.15, 0.2) is 128 Å². The predicted molar refractivity (Wildman–Crippen MR) is 232 cm³/mol. The van der Waals surface area contributed by atoms with E-state index < -0.39 is 18.1 Å². The standard InChI is InChI=1S/C48H44Cl2N4O6/c1-2-41(32-6-4-3-5-7-32)54-26-36-24-44-43(59-28-45(60-44)33-13-16-37(17-14-33)58-27-30-10-18-38(49)39(50)20-30)23-35(36)22-42(54)47(55)53-40(48(56)57)21-29-8-11-31(12-9-29)34-15-19-46(51)52-25-34/h3-20,23-25,40-42,45H,2,21-22,26-28H2,1H3,(H2,51,52)(H,53,55)(H,56,57)/t40-,41-,42-,45+/m0/s1. The Morgan fingerprint density at radius 1 is 0.883 bits per heavy atom. The third-order valence-electron chi connectivity index (χ3n) is 11.1. The predicted octanol–water partition coefficient (Wildman–Crippen LogP) is 9.42. The lowest BCUT2D eigenvalue weighted by Crippen LogP contribution is -2.55. The number of carboxylic acids is 1. The molecule has 0 saturated heterocycles. The van der Waals surface area contributed by atoms with E-state index in [1.807, 2.05) is 91.0 Å². The Kier molecular flexibility index (Phi) is 12.2. The molecule has 2 aliphatic rings. The van der Waals surface area contributed by atoms with Crippen LogP contribution in [0.3, 0.4) is 0 Å². The van der Waals surface area contributed by atoms with Crippen LogP contribution in [-0.2, 0) is 35.6 Å². The lowest BCUT2D eigenvalue weighted by molar-refractivity contribution is -0.143. The summed E-state index contributed by atoms with van der Waals surface area (Å²) in [7, 11) is 0. The number of amides is 1. The van der Waals surface area contributed by atoms with Gasteiger partial charge in [-0.3, -0.25) is 9.69 Å². The number of nitrogens with one attached hydrogen (secondary N) is 1. The van der Waals surface area contributed by atoms with Gasteiger partial charge < -0.3 is 30.4 Å². The summed E-state index contributed by atoms with van der Waals surface area (Å²) in [6.07, 6.45) is 2.58. The molecule has 60 heavy (non-hydrogen) atoms. The molecule has 8 rings (SSSR count). The second kappa shape index (κ2) is 18.0. The number of nitrogen functional groups attached to an aromatic ring is 1. The number of rotatable bonds is 13. The average molecular weight is 844 g/mol. The van der Waals surface area contributed by atoms with E-state index in [9.17, 15) is 14.7 Å². The zero-order chi connectivity index (χ0) is 41.8. The van der Waals surface area contributed by atoms with Gasteiger partial charge in [0, 0.05) is 30.8 Å². The lowest BCUT2D eigenvalue weighted by Gasteiger charge is -2.42. The van der Waals surface area contributed by atoms with Gasteiger partial charge in [-0.1, -0.05) is 103 Å². The van der Waals surface area contributed by atoms with Gasteiger partial charge in [0.05, 0.1) is 16.1 Å². The van der Waals surface area contributed by atoms with Gasteiger partial charge in [0.25, 0.3) is 0 Å². The zero-order valence-electron chi connectivity index (χ0n) is 32.9. The second-order valence-corrected chi connectivity index (χ2v) is 15.9. The number of aliphatic carboxylic acids is 1. The third kappa shape index (κ3) is 9.21. The second-order valence-electron chi connectivity index (χ2n) is 15.1. The van der Waals surface area contributed by atoms with E-state index in [1.54, 1.807) is 24.4 Å². The SMILES string of the molecule is CC[C@@H](c1ccccc1)N1Cc2cc3c(cc2C[C@H]1C(=O)N[C@@H](Cc1ccc(-c2ccc(N)nc2)cc1)C(=O)O)OC[C@H](c1ccc(OCc2ccc(Cl)c(Cl)c2)cc1)O3. The summed E-state index contributed by atoms with van der Waals surface area (Å²) in [6.45, 7) is 3.20. The van der Waals surface area contributed by atoms with Crippen molar-refractivity contribution >= 4 is 40.9 Å². The number of halogens is 2. The maximum Gasteiger partial charge on any atom is 0.326 e. The molecule has 0 fully saturated rings. The van der Waals surface area contributed by atoms with E-state index in [1.165, 1.54) is 0 Å². The highest BCUT2D eigenvalue weighted by Crippen LogP contribution is 2.42. The largest absolute Gasteiger partial charge is 0.489 e. The summed E-state index contributed by atoms with van der Waals surface area (Å²) in [5, 5.41) is 14.2. The highest BCUT2D eigenvalue weighted by atomic mass is 35.5. The van der Waals surface area contributed by atoms with Gasteiger partial charge in [-0.15, -0.1) is 0 Å². The smallest absolute Gasteiger partial charge is 0.326 e. The molecule has 1 aromatic heterocycles. The summed E-state index contributed by atoms with van der Waals surface area (Å²) in [5.74, 6) is 0.930. The first-order valence-electron chi connectivity index (χ1n) is 19.9. The topological polar surface area (TPSA) is 136 Å². The van der Waals surface area contributed by atoms with Crippen molar-refractivity contribution < 1.29 is 28.9 Å². The van der Waals surface area contributed by atoms with E-state index in [2.05, 4.69) is 34.3 Å². The van der Waals surface area contributed by atoms with E-state index in [0.29, 0.717) is 59.3 Å². The molecule has 0 radical (unpaired) electrons. The minimum Gasteiger partial charge on any atom is -0.489 e.